The zero-order valence-corrected chi connectivity index (χ0v) is 9.81. The van der Waals surface area contributed by atoms with E-state index in [4.69, 9.17) is 16.6 Å². The van der Waals surface area contributed by atoms with Crippen LogP contribution in [0.5, 0.6) is 0 Å². The Morgan fingerprint density at radius 1 is 1.50 bits per heavy atom. The van der Waals surface area contributed by atoms with Crippen molar-refractivity contribution < 1.29 is 42.2 Å². The van der Waals surface area contributed by atoms with Gasteiger partial charge in [-0.05, 0) is 6.92 Å². The van der Waals surface area contributed by atoms with E-state index in [0.29, 0.717) is 0 Å². The summed E-state index contributed by atoms with van der Waals surface area (Å²) in [6.07, 6.45) is 0. The van der Waals surface area contributed by atoms with Gasteiger partial charge in [0, 0.05) is 5.75 Å². The fourth-order valence-electron chi connectivity index (χ4n) is 0.0745. The van der Waals surface area contributed by atoms with Crippen molar-refractivity contribution >= 4 is 24.6 Å². The molecule has 0 unspecified atom stereocenters. The predicted molar refractivity (Wildman–Crippen MR) is 48.1 cm³/mol. The van der Waals surface area contributed by atoms with Crippen molar-refractivity contribution in [2.45, 2.75) is 19.0 Å². The van der Waals surface area contributed by atoms with Gasteiger partial charge in [0.2, 0.25) is 0 Å². The van der Waals surface area contributed by atoms with Crippen molar-refractivity contribution in [3.63, 3.8) is 0 Å². The molecule has 0 saturated heterocycles. The van der Waals surface area contributed by atoms with Crippen LogP contribution in [0.1, 0.15) is 6.92 Å². The van der Waals surface area contributed by atoms with Crippen LogP contribution in [0.3, 0.4) is 0 Å². The largest absolute Gasteiger partial charge is 1.00 e. The normalized spacial score (nSPS) is 12.6. The van der Waals surface area contributed by atoms with Crippen molar-refractivity contribution in [1.82, 2.24) is 0 Å². The van der Waals surface area contributed by atoms with Gasteiger partial charge in [-0.25, -0.2) is 0 Å². The van der Waals surface area contributed by atoms with Crippen molar-refractivity contribution in [1.29, 1.82) is 0 Å². The van der Waals surface area contributed by atoms with Crippen LogP contribution in [0.25, 0.3) is 0 Å². The quantitative estimate of drug-likeness (QED) is 0.334. The van der Waals surface area contributed by atoms with Gasteiger partial charge in [-0.2, -0.15) is 12.6 Å². The van der Waals surface area contributed by atoms with Gasteiger partial charge in [0.1, 0.15) is 6.04 Å². The number of carbonyl (C=O) groups is 2. The van der Waals surface area contributed by atoms with Gasteiger partial charge in [0.15, 0.2) is 0 Å². The maximum Gasteiger partial charge on any atom is 1.00 e. The molecule has 0 rings (SSSR count). The molecular weight excluding hydrogens is 304 g/mol. The predicted octanol–water partition coefficient (Wildman–Crippen LogP) is -2.59. The number of rotatable bonds is 3. The zero-order chi connectivity index (χ0) is 11.0. The van der Waals surface area contributed by atoms with Gasteiger partial charge in [-0.3, -0.25) is 4.79 Å². The van der Waals surface area contributed by atoms with E-state index in [0.717, 1.165) is 0 Å². The molecule has 0 aliphatic rings. The molecule has 0 saturated carbocycles. The van der Waals surface area contributed by atoms with Crippen LogP contribution in [0.2, 0.25) is 0 Å². The second-order valence-electron chi connectivity index (χ2n) is 2.24. The molecule has 0 amide bonds. The summed E-state index contributed by atoms with van der Waals surface area (Å²) < 4.78 is 0. The molecular formula is C6H13AgN2O4S. The molecule has 0 aromatic heterocycles. The molecule has 0 radical (unpaired) electrons. The maximum absolute atomic E-state index is 9.65. The average molecular weight is 317 g/mol. The third-order valence-corrected chi connectivity index (χ3v) is 1.28. The summed E-state index contributed by atoms with van der Waals surface area (Å²) in [5, 5.41) is 17.5. The standard InChI is InChI=1S/C3H7NO2S.C3H7NO2.Ag/c4-2(1-7)3(5)6;1-2(4)3(5)6;/h2,7H,1,4H2,(H,5,6);2H,4H2,1H3,(H,5,6);/q;;+1/p-1/t2*2-;/m00./s1. The number of carbonyl (C=O) groups excluding carboxylic acids is 1. The number of nitrogens with two attached hydrogens (primary N) is 2. The van der Waals surface area contributed by atoms with E-state index in [2.05, 4.69) is 12.6 Å². The van der Waals surface area contributed by atoms with Crippen molar-refractivity contribution in [3.05, 3.63) is 0 Å². The van der Waals surface area contributed by atoms with Crippen LogP contribution in [-0.4, -0.2) is 34.9 Å². The Labute approximate surface area is 103 Å². The number of hydrogen-bond donors (Lipinski definition) is 4. The van der Waals surface area contributed by atoms with Gasteiger partial charge in [-0.15, -0.1) is 0 Å². The fraction of sp³-hybridized carbons (Fsp3) is 0.667. The molecule has 5 N–H and O–H groups in total. The first-order chi connectivity index (χ1) is 5.82. The zero-order valence-electron chi connectivity index (χ0n) is 7.44. The van der Waals surface area contributed by atoms with Gasteiger partial charge < -0.3 is 26.5 Å². The van der Waals surface area contributed by atoms with Gasteiger partial charge in [0.05, 0.1) is 12.0 Å². The van der Waals surface area contributed by atoms with E-state index in [-0.39, 0.29) is 28.1 Å². The molecule has 0 aliphatic carbocycles. The molecule has 0 aliphatic heterocycles. The molecule has 8 heteroatoms. The average Bonchev–Trinajstić information content (AvgIpc) is 2.03. The molecule has 0 fully saturated rings. The first-order valence-corrected chi connectivity index (χ1v) is 4.01. The first-order valence-electron chi connectivity index (χ1n) is 3.38. The fourth-order valence-corrected chi connectivity index (χ4v) is 0.224. The van der Waals surface area contributed by atoms with E-state index >= 15 is 0 Å². The Morgan fingerprint density at radius 3 is 1.79 bits per heavy atom. The second kappa shape index (κ2) is 11.0. The molecule has 0 spiro atoms. The summed E-state index contributed by atoms with van der Waals surface area (Å²) in [6, 6.07) is -1.66. The second-order valence-corrected chi connectivity index (χ2v) is 2.60. The van der Waals surface area contributed by atoms with Gasteiger partial charge in [0.25, 0.3) is 0 Å². The molecule has 0 aromatic carbocycles. The minimum Gasteiger partial charge on any atom is -0.548 e. The Balaban J connectivity index is -0.000000163. The molecule has 14 heavy (non-hydrogen) atoms. The Hall–Kier alpha value is -0.0497. The minimum atomic E-state index is -1.25. The van der Waals surface area contributed by atoms with Crippen LogP contribution in [0.4, 0.5) is 0 Å². The van der Waals surface area contributed by atoms with Crippen LogP contribution < -0.4 is 16.6 Å². The number of hydrogen-bond acceptors (Lipinski definition) is 6. The number of carboxylic acids is 2. The molecule has 2 atom stereocenters. The van der Waals surface area contributed by atoms with Crippen molar-refractivity contribution in [2.75, 3.05) is 5.75 Å². The molecule has 0 aromatic rings. The summed E-state index contributed by atoms with van der Waals surface area (Å²) in [5.41, 5.74) is 9.71. The third kappa shape index (κ3) is 14.5. The molecule has 88 valence electrons. The number of aliphatic carboxylic acids is 2. The van der Waals surface area contributed by atoms with E-state index in [9.17, 15) is 14.7 Å². The summed E-state index contributed by atoms with van der Waals surface area (Å²) >= 11 is 3.61. The van der Waals surface area contributed by atoms with Crippen LogP contribution >= 0.6 is 12.6 Å². The SMILES string of the molecule is C[C@H](N)C(=O)O.N[C@@H](CS)C(=O)[O-].[Ag+]. The minimum absolute atomic E-state index is 0. The summed E-state index contributed by atoms with van der Waals surface area (Å²) in [5.74, 6) is -2.09. The summed E-state index contributed by atoms with van der Waals surface area (Å²) in [6.45, 7) is 1.42. The monoisotopic (exact) mass is 316 g/mol. The summed E-state index contributed by atoms with van der Waals surface area (Å²) in [4.78, 5) is 19.2. The van der Waals surface area contributed by atoms with E-state index < -0.39 is 24.0 Å². The molecule has 6 nitrogen and oxygen atoms in total. The molecule has 0 bridgehead atoms. The van der Waals surface area contributed by atoms with Gasteiger partial charge >= 0.3 is 28.3 Å². The maximum atomic E-state index is 9.65. The van der Waals surface area contributed by atoms with E-state index in [1.54, 1.807) is 0 Å². The van der Waals surface area contributed by atoms with Gasteiger partial charge in [-0.1, -0.05) is 0 Å². The Bertz CT molecular complexity index is 179. The van der Waals surface area contributed by atoms with E-state index in [1.165, 1.54) is 6.92 Å². The topological polar surface area (TPSA) is 129 Å². The number of thiol groups is 1. The third-order valence-electron chi connectivity index (χ3n) is 0.889. The van der Waals surface area contributed by atoms with Crippen LogP contribution in [0, 0.1) is 0 Å². The number of carboxylic acid groups (broad SMARTS) is 2. The Morgan fingerprint density at radius 2 is 1.79 bits per heavy atom. The first kappa shape index (κ1) is 19.5. The van der Waals surface area contributed by atoms with Crippen LogP contribution in [0.15, 0.2) is 0 Å². The van der Waals surface area contributed by atoms with Crippen molar-refractivity contribution in [3.8, 4) is 0 Å². The van der Waals surface area contributed by atoms with Crippen molar-refractivity contribution in [2.24, 2.45) is 11.5 Å². The smallest absolute Gasteiger partial charge is 0.548 e. The van der Waals surface area contributed by atoms with Crippen LogP contribution in [-0.2, 0) is 32.0 Å². The van der Waals surface area contributed by atoms with E-state index in [1.807, 2.05) is 0 Å². The molecule has 0 heterocycles. The Kier molecular flexibility index (Phi) is 15.4. The summed E-state index contributed by atoms with van der Waals surface area (Å²) in [7, 11) is 0.